The lowest BCUT2D eigenvalue weighted by molar-refractivity contribution is -0.124. The van der Waals surface area contributed by atoms with Crippen molar-refractivity contribution in [3.63, 3.8) is 0 Å². The molecule has 1 amide bonds. The Morgan fingerprint density at radius 3 is 2.88 bits per heavy atom. The summed E-state index contributed by atoms with van der Waals surface area (Å²) in [5.74, 6) is 0.00824. The van der Waals surface area contributed by atoms with Crippen molar-refractivity contribution in [1.82, 2.24) is 5.32 Å². The van der Waals surface area contributed by atoms with Crippen molar-refractivity contribution < 1.29 is 14.6 Å². The number of aliphatic hydroxyl groups excluding tert-OH is 1. The van der Waals surface area contributed by atoms with Gasteiger partial charge in [0.2, 0.25) is 5.91 Å². The molecule has 4 nitrogen and oxygen atoms in total. The summed E-state index contributed by atoms with van der Waals surface area (Å²) in [5.41, 5.74) is -0.479. The van der Waals surface area contributed by atoms with Crippen LogP contribution in [0.4, 0.5) is 0 Å². The number of hydrogen-bond donors (Lipinski definition) is 2. The number of aliphatic hydroxyl groups is 1. The maximum absolute atomic E-state index is 11.7. The highest BCUT2D eigenvalue weighted by Gasteiger charge is 2.24. The number of carbonyl (C=O) groups excluding carboxylic acids is 1. The van der Waals surface area contributed by atoms with E-state index < -0.39 is 5.54 Å². The summed E-state index contributed by atoms with van der Waals surface area (Å²) in [6.07, 6.45) is 4.44. The third kappa shape index (κ3) is 4.10. The van der Waals surface area contributed by atoms with Gasteiger partial charge in [0.25, 0.3) is 0 Å². The lowest BCUT2D eigenvalue weighted by Crippen LogP contribution is -2.48. The predicted molar refractivity (Wildman–Crippen MR) is 62.1 cm³/mol. The average molecular weight is 229 g/mol. The number of amides is 1. The Hall–Kier alpha value is -0.610. The summed E-state index contributed by atoms with van der Waals surface area (Å²) >= 11 is 0. The third-order valence-electron chi connectivity index (χ3n) is 3.29. The summed E-state index contributed by atoms with van der Waals surface area (Å²) in [5, 5.41) is 12.0. The Kier molecular flexibility index (Phi) is 5.22. The second-order valence-corrected chi connectivity index (χ2v) is 4.79. The molecule has 0 bridgehead atoms. The number of ether oxygens (including phenoxy) is 1. The van der Waals surface area contributed by atoms with E-state index >= 15 is 0 Å². The highest BCUT2D eigenvalue weighted by Crippen LogP contribution is 2.17. The minimum Gasteiger partial charge on any atom is -0.394 e. The fourth-order valence-corrected chi connectivity index (χ4v) is 1.80. The van der Waals surface area contributed by atoms with Crippen LogP contribution in [-0.2, 0) is 9.53 Å². The van der Waals surface area contributed by atoms with Crippen LogP contribution in [0.3, 0.4) is 0 Å². The van der Waals surface area contributed by atoms with Gasteiger partial charge in [-0.3, -0.25) is 4.79 Å². The molecule has 94 valence electrons. The molecule has 2 N–H and O–H groups in total. The number of carbonyl (C=O) groups is 1. The standard InChI is InChI=1S/C12H23NO3/c1-3-12(2,9-14)13-11(15)7-6-10-5-4-8-16-10/h10,14H,3-9H2,1-2H3,(H,13,15). The van der Waals surface area contributed by atoms with Crippen LogP contribution in [0.15, 0.2) is 0 Å². The first kappa shape index (κ1) is 13.5. The molecule has 16 heavy (non-hydrogen) atoms. The van der Waals surface area contributed by atoms with Crippen LogP contribution in [0.5, 0.6) is 0 Å². The molecule has 1 fully saturated rings. The Labute approximate surface area is 97.4 Å². The lowest BCUT2D eigenvalue weighted by atomic mass is 9.99. The maximum Gasteiger partial charge on any atom is 0.220 e. The fraction of sp³-hybridized carbons (Fsp3) is 0.917. The third-order valence-corrected chi connectivity index (χ3v) is 3.29. The molecule has 0 saturated carbocycles. The molecule has 1 rings (SSSR count). The first-order valence-electron chi connectivity index (χ1n) is 6.13. The molecule has 1 heterocycles. The monoisotopic (exact) mass is 229 g/mol. The maximum atomic E-state index is 11.7. The van der Waals surface area contributed by atoms with Crippen molar-refractivity contribution in [2.24, 2.45) is 0 Å². The van der Waals surface area contributed by atoms with Gasteiger partial charge in [-0.15, -0.1) is 0 Å². The van der Waals surface area contributed by atoms with Crippen LogP contribution in [0.1, 0.15) is 46.0 Å². The van der Waals surface area contributed by atoms with Gasteiger partial charge in [0.05, 0.1) is 18.2 Å². The van der Waals surface area contributed by atoms with E-state index in [4.69, 9.17) is 4.74 Å². The van der Waals surface area contributed by atoms with Crippen molar-refractivity contribution in [1.29, 1.82) is 0 Å². The Balaban J connectivity index is 2.24. The Bertz CT molecular complexity index is 220. The van der Waals surface area contributed by atoms with Crippen LogP contribution in [0, 0.1) is 0 Å². The Morgan fingerprint density at radius 2 is 2.38 bits per heavy atom. The molecule has 2 atom stereocenters. The molecule has 0 spiro atoms. The van der Waals surface area contributed by atoms with Crippen LogP contribution < -0.4 is 5.32 Å². The van der Waals surface area contributed by atoms with E-state index in [-0.39, 0.29) is 18.6 Å². The minimum absolute atomic E-state index is 0.00824. The number of hydrogen-bond acceptors (Lipinski definition) is 3. The van der Waals surface area contributed by atoms with Gasteiger partial charge in [-0.1, -0.05) is 6.92 Å². The molecular formula is C12H23NO3. The molecule has 0 aromatic carbocycles. The zero-order valence-electron chi connectivity index (χ0n) is 10.3. The molecule has 1 aliphatic heterocycles. The van der Waals surface area contributed by atoms with Crippen LogP contribution in [0.2, 0.25) is 0 Å². The van der Waals surface area contributed by atoms with Gasteiger partial charge in [-0.25, -0.2) is 0 Å². The fourth-order valence-electron chi connectivity index (χ4n) is 1.80. The van der Waals surface area contributed by atoms with E-state index in [2.05, 4.69) is 5.32 Å². The van der Waals surface area contributed by atoms with Gasteiger partial charge < -0.3 is 15.2 Å². The molecule has 2 unspecified atom stereocenters. The summed E-state index contributed by atoms with van der Waals surface area (Å²) in [7, 11) is 0. The lowest BCUT2D eigenvalue weighted by Gasteiger charge is -2.27. The van der Waals surface area contributed by atoms with Crippen LogP contribution in [-0.4, -0.2) is 35.9 Å². The largest absolute Gasteiger partial charge is 0.394 e. The highest BCUT2D eigenvalue weighted by atomic mass is 16.5. The molecule has 0 aliphatic carbocycles. The average Bonchev–Trinajstić information content (AvgIpc) is 2.79. The SMILES string of the molecule is CCC(C)(CO)NC(=O)CCC1CCCO1. The topological polar surface area (TPSA) is 58.6 Å². The minimum atomic E-state index is -0.479. The molecule has 4 heteroatoms. The number of rotatable bonds is 6. The predicted octanol–water partition coefficient (Wildman–Crippen LogP) is 1.22. The van der Waals surface area contributed by atoms with Gasteiger partial charge in [0.15, 0.2) is 0 Å². The van der Waals surface area contributed by atoms with Gasteiger partial charge in [0.1, 0.15) is 0 Å². The number of nitrogens with one attached hydrogen (secondary N) is 1. The summed E-state index contributed by atoms with van der Waals surface area (Å²) in [6, 6.07) is 0. The van der Waals surface area contributed by atoms with Gasteiger partial charge in [-0.05, 0) is 32.6 Å². The van der Waals surface area contributed by atoms with Crippen molar-refractivity contribution >= 4 is 5.91 Å². The van der Waals surface area contributed by atoms with E-state index in [0.29, 0.717) is 6.42 Å². The normalized spacial score (nSPS) is 24.1. The zero-order chi connectivity index (χ0) is 12.0. The van der Waals surface area contributed by atoms with Gasteiger partial charge in [-0.2, -0.15) is 0 Å². The van der Waals surface area contributed by atoms with Crippen molar-refractivity contribution in [2.45, 2.75) is 57.6 Å². The Morgan fingerprint density at radius 1 is 1.62 bits per heavy atom. The quantitative estimate of drug-likeness (QED) is 0.720. The zero-order valence-corrected chi connectivity index (χ0v) is 10.3. The van der Waals surface area contributed by atoms with Crippen LogP contribution in [0.25, 0.3) is 0 Å². The van der Waals surface area contributed by atoms with Crippen molar-refractivity contribution in [3.8, 4) is 0 Å². The molecule has 0 radical (unpaired) electrons. The smallest absolute Gasteiger partial charge is 0.220 e. The van der Waals surface area contributed by atoms with E-state index in [0.717, 1.165) is 32.3 Å². The summed E-state index contributed by atoms with van der Waals surface area (Å²) in [4.78, 5) is 11.7. The van der Waals surface area contributed by atoms with Gasteiger partial charge in [0, 0.05) is 13.0 Å². The highest BCUT2D eigenvalue weighted by molar-refractivity contribution is 5.76. The van der Waals surface area contributed by atoms with E-state index in [9.17, 15) is 9.90 Å². The van der Waals surface area contributed by atoms with E-state index in [1.165, 1.54) is 0 Å². The molecule has 0 aromatic heterocycles. The molecule has 1 aliphatic rings. The van der Waals surface area contributed by atoms with E-state index in [1.807, 2.05) is 13.8 Å². The molecule has 0 aromatic rings. The first-order valence-corrected chi connectivity index (χ1v) is 6.13. The second kappa shape index (κ2) is 6.21. The second-order valence-electron chi connectivity index (χ2n) is 4.79. The summed E-state index contributed by atoms with van der Waals surface area (Å²) in [6.45, 7) is 4.62. The molecular weight excluding hydrogens is 206 g/mol. The van der Waals surface area contributed by atoms with Crippen LogP contribution >= 0.6 is 0 Å². The van der Waals surface area contributed by atoms with Crippen molar-refractivity contribution in [2.75, 3.05) is 13.2 Å². The van der Waals surface area contributed by atoms with Gasteiger partial charge >= 0.3 is 0 Å². The summed E-state index contributed by atoms with van der Waals surface area (Å²) < 4.78 is 5.46. The first-order chi connectivity index (χ1) is 7.59. The van der Waals surface area contributed by atoms with E-state index in [1.54, 1.807) is 0 Å². The molecule has 1 saturated heterocycles. The van der Waals surface area contributed by atoms with Crippen molar-refractivity contribution in [3.05, 3.63) is 0 Å².